The van der Waals surface area contributed by atoms with Crippen LogP contribution in [-0.4, -0.2) is 71.6 Å². The molecule has 1 aliphatic rings. The number of nitrogens with zero attached hydrogens (tertiary/aromatic N) is 2. The van der Waals surface area contributed by atoms with Gasteiger partial charge in [-0.05, 0) is 40.2 Å². The van der Waals surface area contributed by atoms with E-state index in [4.69, 9.17) is 5.11 Å². The van der Waals surface area contributed by atoms with Gasteiger partial charge in [0.1, 0.15) is 0 Å². The van der Waals surface area contributed by atoms with Gasteiger partial charge in [-0.25, -0.2) is 0 Å². The number of nitrogens with one attached hydrogen (secondary N) is 1. The first kappa shape index (κ1) is 22.1. The van der Waals surface area contributed by atoms with E-state index < -0.39 is 5.97 Å². The summed E-state index contributed by atoms with van der Waals surface area (Å²) in [7, 11) is 1.86. The number of rotatable bonds is 8. The summed E-state index contributed by atoms with van der Waals surface area (Å²) in [6.07, 6.45) is 3.88. The van der Waals surface area contributed by atoms with Gasteiger partial charge in [0.05, 0.1) is 12.6 Å². The Morgan fingerprint density at radius 1 is 1.30 bits per heavy atom. The molecule has 1 amide bonds. The Morgan fingerprint density at radius 3 is 2.35 bits per heavy atom. The van der Waals surface area contributed by atoms with Gasteiger partial charge in [0.15, 0.2) is 0 Å². The van der Waals surface area contributed by atoms with E-state index in [1.54, 1.807) is 0 Å². The molecule has 0 radical (unpaired) electrons. The van der Waals surface area contributed by atoms with Crippen molar-refractivity contribution in [1.29, 1.82) is 0 Å². The zero-order valence-electron chi connectivity index (χ0n) is 14.7. The van der Waals surface area contributed by atoms with E-state index in [1.165, 1.54) is 0 Å². The molecule has 0 aromatic carbocycles. The molecule has 2 atom stereocenters. The number of hydrogen-bond donors (Lipinski definition) is 2. The van der Waals surface area contributed by atoms with Crippen LogP contribution in [0.5, 0.6) is 0 Å². The lowest BCUT2D eigenvalue weighted by molar-refractivity contribution is -0.138. The van der Waals surface area contributed by atoms with Crippen molar-refractivity contribution in [2.75, 3.05) is 26.7 Å². The summed E-state index contributed by atoms with van der Waals surface area (Å²) in [5.74, 6) is -0.694. The van der Waals surface area contributed by atoms with Gasteiger partial charge < -0.3 is 10.4 Å². The minimum absolute atomic E-state index is 0. The molecule has 0 saturated carbocycles. The fraction of sp³-hybridized carbons (Fsp3) is 0.875. The van der Waals surface area contributed by atoms with E-state index >= 15 is 0 Å². The minimum Gasteiger partial charge on any atom is -0.480 e. The average Bonchev–Trinajstić information content (AvgIpc) is 2.46. The third kappa shape index (κ3) is 7.50. The van der Waals surface area contributed by atoms with Crippen molar-refractivity contribution in [3.63, 3.8) is 0 Å². The molecule has 23 heavy (non-hydrogen) atoms. The highest BCUT2D eigenvalue weighted by Gasteiger charge is 2.29. The number of carboxylic acid groups (broad SMARTS) is 1. The van der Waals surface area contributed by atoms with Gasteiger partial charge in [-0.3, -0.25) is 19.4 Å². The molecule has 2 N–H and O–H groups in total. The van der Waals surface area contributed by atoms with Crippen LogP contribution in [0, 0.1) is 0 Å². The SMILES string of the molecule is CCCC(C)NC(=O)C(C)N1CCC(N(C)CC(=O)O)CC1.Cl. The molecule has 1 heterocycles. The summed E-state index contributed by atoms with van der Waals surface area (Å²) >= 11 is 0. The third-order valence-corrected chi connectivity index (χ3v) is 4.54. The van der Waals surface area contributed by atoms with Crippen LogP contribution in [0.2, 0.25) is 0 Å². The quantitative estimate of drug-likeness (QED) is 0.696. The number of piperidine rings is 1. The van der Waals surface area contributed by atoms with Gasteiger partial charge in [0.2, 0.25) is 5.91 Å². The maximum absolute atomic E-state index is 12.2. The van der Waals surface area contributed by atoms with Crippen LogP contribution in [-0.2, 0) is 9.59 Å². The fourth-order valence-electron chi connectivity index (χ4n) is 3.09. The number of aliphatic carboxylic acids is 1. The lowest BCUT2D eigenvalue weighted by atomic mass is 10.0. The van der Waals surface area contributed by atoms with E-state index in [0.717, 1.165) is 38.8 Å². The molecule has 1 fully saturated rings. The van der Waals surface area contributed by atoms with Gasteiger partial charge in [-0.15, -0.1) is 12.4 Å². The number of carboxylic acids is 1. The lowest BCUT2D eigenvalue weighted by Crippen LogP contribution is -2.52. The summed E-state index contributed by atoms with van der Waals surface area (Å²) in [6.45, 7) is 7.87. The van der Waals surface area contributed by atoms with Crippen LogP contribution < -0.4 is 5.32 Å². The van der Waals surface area contributed by atoms with Crippen molar-refractivity contribution in [3.8, 4) is 0 Å². The molecule has 7 heteroatoms. The van der Waals surface area contributed by atoms with Crippen LogP contribution in [0.15, 0.2) is 0 Å². The number of likely N-dealkylation sites (N-methyl/N-ethyl adjacent to an activating group) is 1. The van der Waals surface area contributed by atoms with Crippen LogP contribution in [0.4, 0.5) is 0 Å². The largest absolute Gasteiger partial charge is 0.480 e. The van der Waals surface area contributed by atoms with Gasteiger partial charge in [-0.2, -0.15) is 0 Å². The maximum Gasteiger partial charge on any atom is 0.317 e. The Kier molecular flexibility index (Phi) is 10.4. The van der Waals surface area contributed by atoms with Gasteiger partial charge >= 0.3 is 5.97 Å². The molecular formula is C16H32ClN3O3. The highest BCUT2D eigenvalue weighted by atomic mass is 35.5. The molecule has 0 aromatic rings. The number of carbonyl (C=O) groups excluding carboxylic acids is 1. The Morgan fingerprint density at radius 2 is 1.87 bits per heavy atom. The van der Waals surface area contributed by atoms with Gasteiger partial charge in [-0.1, -0.05) is 13.3 Å². The average molecular weight is 350 g/mol. The molecule has 0 aliphatic carbocycles. The normalized spacial score (nSPS) is 19.0. The number of amides is 1. The predicted molar refractivity (Wildman–Crippen MR) is 94.1 cm³/mol. The molecule has 1 rings (SSSR count). The van der Waals surface area contributed by atoms with E-state index in [9.17, 15) is 9.59 Å². The van der Waals surface area contributed by atoms with Crippen molar-refractivity contribution >= 4 is 24.3 Å². The molecule has 0 spiro atoms. The minimum atomic E-state index is -0.789. The molecule has 0 aromatic heterocycles. The zero-order chi connectivity index (χ0) is 16.7. The molecule has 0 bridgehead atoms. The second-order valence-electron chi connectivity index (χ2n) is 6.45. The van der Waals surface area contributed by atoms with Crippen LogP contribution in [0.3, 0.4) is 0 Å². The summed E-state index contributed by atoms with van der Waals surface area (Å²) in [4.78, 5) is 27.1. The number of halogens is 1. The summed E-state index contributed by atoms with van der Waals surface area (Å²) in [6, 6.07) is 0.394. The van der Waals surface area contributed by atoms with Crippen molar-refractivity contribution in [3.05, 3.63) is 0 Å². The van der Waals surface area contributed by atoms with Crippen LogP contribution in [0.1, 0.15) is 46.5 Å². The first-order valence-corrected chi connectivity index (χ1v) is 8.31. The van der Waals surface area contributed by atoms with Crippen LogP contribution in [0.25, 0.3) is 0 Å². The standard InChI is InChI=1S/C16H31N3O3.ClH/c1-5-6-12(2)17-16(22)13(3)19-9-7-14(8-10-19)18(4)11-15(20)21;/h12-14H,5-11H2,1-4H3,(H,17,22)(H,20,21);1H. The molecule has 6 nitrogen and oxygen atoms in total. The number of hydrogen-bond acceptors (Lipinski definition) is 4. The summed E-state index contributed by atoms with van der Waals surface area (Å²) in [5.41, 5.74) is 0. The first-order valence-electron chi connectivity index (χ1n) is 8.31. The van der Waals surface area contributed by atoms with Crippen molar-refractivity contribution < 1.29 is 14.7 Å². The highest BCUT2D eigenvalue weighted by molar-refractivity contribution is 5.85. The van der Waals surface area contributed by atoms with Crippen molar-refractivity contribution in [1.82, 2.24) is 15.1 Å². The lowest BCUT2D eigenvalue weighted by Gasteiger charge is -2.38. The summed E-state index contributed by atoms with van der Waals surface area (Å²) in [5, 5.41) is 11.9. The molecule has 1 aliphatic heterocycles. The van der Waals surface area contributed by atoms with Crippen molar-refractivity contribution in [2.24, 2.45) is 0 Å². The Labute approximate surface area is 146 Å². The highest BCUT2D eigenvalue weighted by Crippen LogP contribution is 2.17. The first-order chi connectivity index (χ1) is 10.3. The predicted octanol–water partition coefficient (Wildman–Crippen LogP) is 1.58. The Bertz CT molecular complexity index is 374. The topological polar surface area (TPSA) is 72.9 Å². The monoisotopic (exact) mass is 349 g/mol. The fourth-order valence-corrected chi connectivity index (χ4v) is 3.09. The smallest absolute Gasteiger partial charge is 0.317 e. The molecule has 136 valence electrons. The second-order valence-corrected chi connectivity index (χ2v) is 6.45. The maximum atomic E-state index is 12.2. The summed E-state index contributed by atoms with van der Waals surface area (Å²) < 4.78 is 0. The van der Waals surface area contributed by atoms with Gasteiger partial charge in [0.25, 0.3) is 0 Å². The van der Waals surface area contributed by atoms with E-state index in [2.05, 4.69) is 17.1 Å². The zero-order valence-corrected chi connectivity index (χ0v) is 15.6. The Balaban J connectivity index is 0.00000484. The molecule has 2 unspecified atom stereocenters. The second kappa shape index (κ2) is 10.8. The van der Waals surface area contributed by atoms with Crippen LogP contribution >= 0.6 is 12.4 Å². The molecular weight excluding hydrogens is 318 g/mol. The van der Waals surface area contributed by atoms with E-state index in [0.29, 0.717) is 6.04 Å². The number of likely N-dealkylation sites (tertiary alicyclic amines) is 1. The van der Waals surface area contributed by atoms with Gasteiger partial charge in [0, 0.05) is 25.2 Å². The number of carbonyl (C=O) groups is 2. The third-order valence-electron chi connectivity index (χ3n) is 4.54. The van der Waals surface area contributed by atoms with Crippen molar-refractivity contribution in [2.45, 2.75) is 64.6 Å². The Hall–Kier alpha value is -0.850. The van der Waals surface area contributed by atoms with E-state index in [1.807, 2.05) is 25.8 Å². The molecule has 1 saturated heterocycles. The van der Waals surface area contributed by atoms with E-state index in [-0.39, 0.29) is 36.9 Å².